The van der Waals surface area contributed by atoms with Crippen LogP contribution in [-0.4, -0.2) is 37.4 Å². The zero-order valence-electron chi connectivity index (χ0n) is 13.7. The third kappa shape index (κ3) is 3.40. The Labute approximate surface area is 139 Å². The highest BCUT2D eigenvalue weighted by Crippen LogP contribution is 2.20. The van der Waals surface area contributed by atoms with Crippen LogP contribution in [0.1, 0.15) is 29.1 Å². The van der Waals surface area contributed by atoms with Gasteiger partial charge in [0.05, 0.1) is 22.9 Å². The average molecular weight is 368 g/mol. The summed E-state index contributed by atoms with van der Waals surface area (Å²) in [6.07, 6.45) is 2.25. The van der Waals surface area contributed by atoms with E-state index < -0.39 is 0 Å². The molecule has 6 nitrogen and oxygen atoms in total. The van der Waals surface area contributed by atoms with Gasteiger partial charge in [0, 0.05) is 44.0 Å². The molecule has 0 aliphatic heterocycles. The fourth-order valence-electron chi connectivity index (χ4n) is 2.33. The van der Waals surface area contributed by atoms with E-state index in [1.807, 2.05) is 50.4 Å². The topological polar surface area (TPSA) is 56.0 Å². The van der Waals surface area contributed by atoms with Gasteiger partial charge in [-0.05, 0) is 36.7 Å². The Kier molecular flexibility index (Phi) is 5.05. The molecule has 2 rings (SSSR count). The number of halogens is 1. The number of hydrogen-bond acceptors (Lipinski definition) is 3. The van der Waals surface area contributed by atoms with Crippen molar-refractivity contribution in [1.82, 2.24) is 24.5 Å². The Hall–Kier alpha value is -1.63. The molecule has 22 heavy (non-hydrogen) atoms. The molecule has 2 aromatic heterocycles. The molecule has 0 bridgehead atoms. The van der Waals surface area contributed by atoms with Gasteiger partial charge in [0.25, 0.3) is 0 Å². The van der Waals surface area contributed by atoms with E-state index in [1.165, 1.54) is 0 Å². The molecule has 1 amide bonds. The third-order valence-corrected chi connectivity index (χ3v) is 5.15. The van der Waals surface area contributed by atoms with Gasteiger partial charge in [-0.3, -0.25) is 14.2 Å². The zero-order valence-corrected chi connectivity index (χ0v) is 15.3. The number of nitrogens with zero attached hydrogens (tertiary/aromatic N) is 5. The van der Waals surface area contributed by atoms with E-state index in [0.717, 1.165) is 27.1 Å². The molecule has 7 heteroatoms. The summed E-state index contributed by atoms with van der Waals surface area (Å²) in [5, 5.41) is 8.63. The van der Waals surface area contributed by atoms with Crippen LogP contribution in [0.5, 0.6) is 0 Å². The van der Waals surface area contributed by atoms with Crippen LogP contribution in [0.4, 0.5) is 0 Å². The maximum Gasteiger partial charge on any atom is 0.224 e. The van der Waals surface area contributed by atoms with E-state index >= 15 is 0 Å². The Morgan fingerprint density at radius 1 is 1.32 bits per heavy atom. The van der Waals surface area contributed by atoms with Gasteiger partial charge in [-0.2, -0.15) is 10.2 Å². The molecule has 0 spiro atoms. The van der Waals surface area contributed by atoms with Crippen molar-refractivity contribution in [3.8, 4) is 0 Å². The summed E-state index contributed by atoms with van der Waals surface area (Å²) < 4.78 is 4.71. The van der Waals surface area contributed by atoms with Crippen molar-refractivity contribution < 1.29 is 4.79 Å². The Morgan fingerprint density at radius 2 is 2.00 bits per heavy atom. The summed E-state index contributed by atoms with van der Waals surface area (Å²) in [6.45, 7) is 7.13. The van der Waals surface area contributed by atoms with Gasteiger partial charge in [-0.25, -0.2) is 0 Å². The molecule has 0 radical (unpaired) electrons. The monoisotopic (exact) mass is 367 g/mol. The lowest BCUT2D eigenvalue weighted by Crippen LogP contribution is -2.27. The fraction of sp³-hybridized carbons (Fsp3) is 0.533. The summed E-state index contributed by atoms with van der Waals surface area (Å²) >= 11 is 3.50. The molecule has 0 aliphatic carbocycles. The quantitative estimate of drug-likeness (QED) is 0.814. The van der Waals surface area contributed by atoms with Crippen LogP contribution in [0.2, 0.25) is 0 Å². The Balaban J connectivity index is 1.94. The summed E-state index contributed by atoms with van der Waals surface area (Å²) in [4.78, 5) is 14.0. The van der Waals surface area contributed by atoms with Gasteiger partial charge in [0.2, 0.25) is 5.91 Å². The molecule has 0 saturated heterocycles. The van der Waals surface area contributed by atoms with Gasteiger partial charge in [-0.1, -0.05) is 0 Å². The zero-order chi connectivity index (χ0) is 16.4. The number of hydrogen-bond donors (Lipinski definition) is 0. The van der Waals surface area contributed by atoms with Crippen LogP contribution in [0.3, 0.4) is 0 Å². The van der Waals surface area contributed by atoms with Gasteiger partial charge in [0.1, 0.15) is 0 Å². The van der Waals surface area contributed by atoms with E-state index in [-0.39, 0.29) is 5.91 Å². The molecule has 0 atom stereocenters. The number of rotatable bonds is 5. The minimum absolute atomic E-state index is 0.104. The van der Waals surface area contributed by atoms with Gasteiger partial charge in [0.15, 0.2) is 0 Å². The summed E-state index contributed by atoms with van der Waals surface area (Å²) in [7, 11) is 3.73. The molecule has 0 aromatic carbocycles. The van der Waals surface area contributed by atoms with Crippen molar-refractivity contribution in [2.24, 2.45) is 7.05 Å². The largest absolute Gasteiger partial charge is 0.341 e. The summed E-state index contributed by atoms with van der Waals surface area (Å²) in [5.41, 5.74) is 4.16. The molecule has 0 unspecified atom stereocenters. The van der Waals surface area contributed by atoms with Crippen LogP contribution >= 0.6 is 15.9 Å². The summed E-state index contributed by atoms with van der Waals surface area (Å²) in [5.74, 6) is 0.104. The highest BCUT2D eigenvalue weighted by molar-refractivity contribution is 9.10. The molecule has 0 fully saturated rings. The first kappa shape index (κ1) is 16.7. The average Bonchev–Trinajstić information content (AvgIpc) is 2.92. The van der Waals surface area contributed by atoms with Crippen LogP contribution in [0.25, 0.3) is 0 Å². The molecule has 0 aliphatic rings. The van der Waals surface area contributed by atoms with Crippen LogP contribution in [-0.2, 0) is 24.9 Å². The lowest BCUT2D eigenvalue weighted by atomic mass is 10.2. The number of amides is 1. The van der Waals surface area contributed by atoms with Crippen molar-refractivity contribution in [2.75, 3.05) is 7.05 Å². The highest BCUT2D eigenvalue weighted by Gasteiger charge is 2.14. The van der Waals surface area contributed by atoms with Crippen molar-refractivity contribution >= 4 is 21.8 Å². The lowest BCUT2D eigenvalue weighted by molar-refractivity contribution is -0.130. The first-order valence-electron chi connectivity index (χ1n) is 7.22. The van der Waals surface area contributed by atoms with E-state index in [9.17, 15) is 4.79 Å². The Morgan fingerprint density at radius 3 is 2.50 bits per heavy atom. The molecule has 0 N–H and O–H groups in total. The predicted octanol–water partition coefficient (Wildman–Crippen LogP) is 2.35. The maximum absolute atomic E-state index is 12.3. The molecule has 2 aromatic rings. The van der Waals surface area contributed by atoms with E-state index in [0.29, 0.717) is 19.5 Å². The second kappa shape index (κ2) is 6.64. The minimum atomic E-state index is 0.104. The van der Waals surface area contributed by atoms with Crippen molar-refractivity contribution in [2.45, 2.75) is 40.3 Å². The van der Waals surface area contributed by atoms with Gasteiger partial charge in [-0.15, -0.1) is 0 Å². The number of aromatic nitrogens is 4. The Bertz CT molecular complexity index is 688. The van der Waals surface area contributed by atoms with E-state index in [2.05, 4.69) is 26.1 Å². The first-order valence-corrected chi connectivity index (χ1v) is 8.01. The molecule has 0 saturated carbocycles. The molecule has 120 valence electrons. The third-order valence-electron chi connectivity index (χ3n) is 4.00. The van der Waals surface area contributed by atoms with Crippen molar-refractivity contribution in [3.63, 3.8) is 0 Å². The SMILES string of the molecule is Cc1nn(CCC(=O)N(C)Cc2cnn(C)c2C)c(C)c1Br. The molecular weight excluding hydrogens is 346 g/mol. The molecule has 2 heterocycles. The first-order chi connectivity index (χ1) is 10.3. The number of carbonyl (C=O) groups is 1. The highest BCUT2D eigenvalue weighted by atomic mass is 79.9. The normalized spacial score (nSPS) is 11.0. The van der Waals surface area contributed by atoms with Crippen molar-refractivity contribution in [1.29, 1.82) is 0 Å². The maximum atomic E-state index is 12.3. The van der Waals surface area contributed by atoms with E-state index in [4.69, 9.17) is 0 Å². The number of aryl methyl sites for hydroxylation is 3. The van der Waals surface area contributed by atoms with Gasteiger partial charge < -0.3 is 4.90 Å². The van der Waals surface area contributed by atoms with Gasteiger partial charge >= 0.3 is 0 Å². The summed E-state index contributed by atoms with van der Waals surface area (Å²) in [6, 6.07) is 0. The van der Waals surface area contributed by atoms with Crippen LogP contribution < -0.4 is 0 Å². The standard InChI is InChI=1S/C15H22BrN5O/c1-10-15(16)12(3)21(18-10)7-6-14(22)19(4)9-13-8-17-20(5)11(13)2/h8H,6-7,9H2,1-5H3. The fourth-order valence-corrected chi connectivity index (χ4v) is 2.61. The smallest absolute Gasteiger partial charge is 0.224 e. The second-order valence-corrected chi connectivity index (χ2v) is 6.38. The minimum Gasteiger partial charge on any atom is -0.341 e. The second-order valence-electron chi connectivity index (χ2n) is 5.59. The lowest BCUT2D eigenvalue weighted by Gasteiger charge is -2.17. The van der Waals surface area contributed by atoms with E-state index in [1.54, 1.807) is 4.90 Å². The van der Waals surface area contributed by atoms with Crippen LogP contribution in [0.15, 0.2) is 10.7 Å². The molecular formula is C15H22BrN5O. The van der Waals surface area contributed by atoms with Crippen molar-refractivity contribution in [3.05, 3.63) is 33.3 Å². The van der Waals surface area contributed by atoms with Crippen LogP contribution in [0, 0.1) is 20.8 Å². The number of carbonyl (C=O) groups excluding carboxylic acids is 1. The predicted molar refractivity (Wildman–Crippen MR) is 88.4 cm³/mol.